The lowest BCUT2D eigenvalue weighted by Crippen LogP contribution is -2.26. The molecule has 4 heteroatoms. The molecule has 2 N–H and O–H groups in total. The van der Waals surface area contributed by atoms with Crippen molar-refractivity contribution in [2.75, 3.05) is 6.54 Å². The Kier molecular flexibility index (Phi) is 4.74. The van der Waals surface area contributed by atoms with Crippen molar-refractivity contribution in [3.63, 3.8) is 0 Å². The summed E-state index contributed by atoms with van der Waals surface area (Å²) in [4.78, 5) is 11.6. The van der Waals surface area contributed by atoms with Gasteiger partial charge in [-0.15, -0.1) is 0 Å². The van der Waals surface area contributed by atoms with Crippen molar-refractivity contribution in [2.45, 2.75) is 13.0 Å². The maximum Gasteiger partial charge on any atom is 0.244 e. The number of aliphatic hydroxyl groups is 1. The maximum absolute atomic E-state index is 11.6. The fourth-order valence-corrected chi connectivity index (χ4v) is 1.73. The predicted octanol–water partition coefficient (Wildman–Crippen LogP) is 2.45. The quantitative estimate of drug-likeness (QED) is 0.821. The minimum absolute atomic E-state index is 0.116. The Hall–Kier alpha value is -2.33. The molecule has 4 nitrogen and oxygen atoms in total. The number of hydrogen-bond acceptors (Lipinski definition) is 3. The summed E-state index contributed by atoms with van der Waals surface area (Å²) >= 11 is 0. The molecule has 0 radical (unpaired) electrons. The average molecular weight is 271 g/mol. The van der Waals surface area contributed by atoms with E-state index in [1.54, 1.807) is 25.1 Å². The molecular weight excluding hydrogens is 254 g/mol. The second kappa shape index (κ2) is 6.73. The van der Waals surface area contributed by atoms with E-state index in [0.717, 1.165) is 11.3 Å². The van der Waals surface area contributed by atoms with Gasteiger partial charge in [-0.1, -0.05) is 30.3 Å². The zero-order valence-electron chi connectivity index (χ0n) is 11.2. The van der Waals surface area contributed by atoms with Crippen molar-refractivity contribution in [1.29, 1.82) is 0 Å². The Labute approximate surface area is 117 Å². The molecule has 2 aromatic rings. The van der Waals surface area contributed by atoms with Crippen molar-refractivity contribution >= 4 is 12.0 Å². The summed E-state index contributed by atoms with van der Waals surface area (Å²) in [6.07, 6.45) is 2.33. The molecule has 1 heterocycles. The summed E-state index contributed by atoms with van der Waals surface area (Å²) in [5, 5.41) is 12.5. The van der Waals surface area contributed by atoms with E-state index in [9.17, 15) is 9.90 Å². The minimum Gasteiger partial charge on any atom is -0.464 e. The number of furan rings is 1. The fraction of sp³-hybridized carbons (Fsp3) is 0.188. The van der Waals surface area contributed by atoms with Crippen LogP contribution in [0.4, 0.5) is 0 Å². The Bertz CT molecular complexity index is 587. The van der Waals surface area contributed by atoms with E-state index in [-0.39, 0.29) is 12.5 Å². The molecule has 0 aliphatic heterocycles. The van der Waals surface area contributed by atoms with E-state index in [1.165, 1.54) is 6.08 Å². The number of rotatable bonds is 5. The van der Waals surface area contributed by atoms with Gasteiger partial charge in [0, 0.05) is 6.08 Å². The molecule has 1 atom stereocenters. The van der Waals surface area contributed by atoms with E-state index in [4.69, 9.17) is 4.42 Å². The Morgan fingerprint density at radius 1 is 1.30 bits per heavy atom. The molecule has 0 spiro atoms. The van der Waals surface area contributed by atoms with Crippen LogP contribution in [0.3, 0.4) is 0 Å². The van der Waals surface area contributed by atoms with Crippen molar-refractivity contribution in [3.05, 3.63) is 65.6 Å². The monoisotopic (exact) mass is 271 g/mol. The first-order valence-electron chi connectivity index (χ1n) is 6.40. The fourth-order valence-electron chi connectivity index (χ4n) is 1.73. The van der Waals surface area contributed by atoms with Crippen LogP contribution in [0.2, 0.25) is 0 Å². The third-order valence-corrected chi connectivity index (χ3v) is 2.79. The van der Waals surface area contributed by atoms with E-state index < -0.39 is 6.10 Å². The Morgan fingerprint density at radius 3 is 2.70 bits per heavy atom. The topological polar surface area (TPSA) is 62.5 Å². The highest BCUT2D eigenvalue weighted by molar-refractivity contribution is 5.91. The molecule has 0 bridgehead atoms. The molecule has 1 aromatic heterocycles. The lowest BCUT2D eigenvalue weighted by Gasteiger charge is -2.07. The molecule has 0 fully saturated rings. The summed E-state index contributed by atoms with van der Waals surface area (Å²) in [5.41, 5.74) is 0.949. The molecule has 0 saturated heterocycles. The second-order valence-electron chi connectivity index (χ2n) is 4.45. The maximum atomic E-state index is 11.6. The molecule has 20 heavy (non-hydrogen) atoms. The van der Waals surface area contributed by atoms with Crippen LogP contribution >= 0.6 is 0 Å². The van der Waals surface area contributed by atoms with Crippen LogP contribution in [-0.2, 0) is 4.79 Å². The van der Waals surface area contributed by atoms with E-state index in [0.29, 0.717) is 5.76 Å². The first-order valence-corrected chi connectivity index (χ1v) is 6.40. The van der Waals surface area contributed by atoms with Gasteiger partial charge in [0.1, 0.15) is 17.6 Å². The van der Waals surface area contributed by atoms with E-state index >= 15 is 0 Å². The first kappa shape index (κ1) is 14.1. The van der Waals surface area contributed by atoms with Crippen LogP contribution in [0.5, 0.6) is 0 Å². The lowest BCUT2D eigenvalue weighted by atomic mass is 10.2. The molecule has 1 unspecified atom stereocenters. The van der Waals surface area contributed by atoms with Crippen molar-refractivity contribution in [2.24, 2.45) is 0 Å². The van der Waals surface area contributed by atoms with E-state index in [2.05, 4.69) is 5.32 Å². The summed E-state index contributed by atoms with van der Waals surface area (Å²) in [6, 6.07) is 13.0. The number of amides is 1. The zero-order chi connectivity index (χ0) is 14.4. The van der Waals surface area contributed by atoms with Gasteiger partial charge in [-0.2, -0.15) is 0 Å². The largest absolute Gasteiger partial charge is 0.464 e. The lowest BCUT2D eigenvalue weighted by molar-refractivity contribution is -0.116. The number of hydrogen-bond donors (Lipinski definition) is 2. The smallest absolute Gasteiger partial charge is 0.244 e. The second-order valence-corrected chi connectivity index (χ2v) is 4.45. The summed E-state index contributed by atoms with van der Waals surface area (Å²) in [5.74, 6) is 0.931. The van der Waals surface area contributed by atoms with Crippen LogP contribution in [0, 0.1) is 6.92 Å². The molecule has 1 aromatic carbocycles. The summed E-state index contributed by atoms with van der Waals surface area (Å²) in [7, 11) is 0. The minimum atomic E-state index is -0.835. The van der Waals surface area contributed by atoms with Crippen molar-refractivity contribution < 1.29 is 14.3 Å². The summed E-state index contributed by atoms with van der Waals surface area (Å²) in [6.45, 7) is 1.92. The van der Waals surface area contributed by atoms with Crippen molar-refractivity contribution in [1.82, 2.24) is 5.32 Å². The standard InChI is InChI=1S/C16H17NO3/c1-12-7-9-15(20-12)14(18)11-17-16(19)10-8-13-5-3-2-4-6-13/h2-10,14,18H,11H2,1H3,(H,17,19)/b10-8+. The van der Waals surface area contributed by atoms with Crippen LogP contribution in [0.25, 0.3) is 6.08 Å². The van der Waals surface area contributed by atoms with Crippen molar-refractivity contribution in [3.8, 4) is 0 Å². The van der Waals surface area contributed by atoms with Gasteiger partial charge in [0.25, 0.3) is 0 Å². The number of carbonyl (C=O) groups excluding carboxylic acids is 1. The molecule has 0 saturated carbocycles. The highest BCUT2D eigenvalue weighted by Crippen LogP contribution is 2.14. The molecular formula is C16H17NO3. The van der Waals surface area contributed by atoms with Crippen LogP contribution < -0.4 is 5.32 Å². The third-order valence-electron chi connectivity index (χ3n) is 2.79. The molecule has 0 aliphatic rings. The number of carbonyl (C=O) groups is 1. The molecule has 0 aliphatic carbocycles. The Morgan fingerprint density at radius 2 is 2.05 bits per heavy atom. The van der Waals surface area contributed by atoms with Gasteiger partial charge in [0.05, 0.1) is 6.54 Å². The van der Waals surface area contributed by atoms with Gasteiger partial charge in [0.2, 0.25) is 5.91 Å². The van der Waals surface area contributed by atoms with Gasteiger partial charge in [-0.25, -0.2) is 0 Å². The van der Waals surface area contributed by atoms with Crippen LogP contribution in [0.15, 0.2) is 53.0 Å². The molecule has 104 valence electrons. The number of nitrogens with one attached hydrogen (secondary N) is 1. The van der Waals surface area contributed by atoms with E-state index in [1.807, 2.05) is 30.3 Å². The first-order chi connectivity index (χ1) is 9.65. The predicted molar refractivity (Wildman–Crippen MR) is 76.9 cm³/mol. The number of benzene rings is 1. The summed E-state index contributed by atoms with van der Waals surface area (Å²) < 4.78 is 5.29. The molecule has 2 rings (SSSR count). The van der Waals surface area contributed by atoms with Gasteiger partial charge in [-0.3, -0.25) is 4.79 Å². The van der Waals surface area contributed by atoms with Gasteiger partial charge in [0.15, 0.2) is 0 Å². The number of aryl methyl sites for hydroxylation is 1. The average Bonchev–Trinajstić information content (AvgIpc) is 2.90. The Balaban J connectivity index is 1.82. The van der Waals surface area contributed by atoms with Gasteiger partial charge < -0.3 is 14.8 Å². The van der Waals surface area contributed by atoms with Crippen LogP contribution in [-0.4, -0.2) is 17.6 Å². The molecule has 1 amide bonds. The zero-order valence-corrected chi connectivity index (χ0v) is 11.2. The van der Waals surface area contributed by atoms with Gasteiger partial charge in [-0.05, 0) is 30.7 Å². The van der Waals surface area contributed by atoms with Gasteiger partial charge >= 0.3 is 0 Å². The highest BCUT2D eigenvalue weighted by atomic mass is 16.4. The highest BCUT2D eigenvalue weighted by Gasteiger charge is 2.11. The number of aliphatic hydroxyl groups excluding tert-OH is 1. The third kappa shape index (κ3) is 4.10. The SMILES string of the molecule is Cc1ccc(C(O)CNC(=O)/C=C/c2ccccc2)o1. The van der Waals surface area contributed by atoms with Crippen LogP contribution in [0.1, 0.15) is 23.2 Å². The normalized spacial score (nSPS) is 12.5.